The Balaban J connectivity index is 1.90. The summed E-state index contributed by atoms with van der Waals surface area (Å²) in [5.74, 6) is 1.00. The van der Waals surface area contributed by atoms with Crippen molar-refractivity contribution in [1.82, 2.24) is 15.2 Å². The first-order chi connectivity index (χ1) is 11.6. The van der Waals surface area contributed by atoms with Gasteiger partial charge in [-0.15, -0.1) is 0 Å². The number of fused-ring (bicyclic) bond motifs is 3. The van der Waals surface area contributed by atoms with Crippen molar-refractivity contribution in [2.45, 2.75) is 6.92 Å². The zero-order valence-electron chi connectivity index (χ0n) is 13.0. The lowest BCUT2D eigenvalue weighted by Crippen LogP contribution is -1.99. The van der Waals surface area contributed by atoms with Crippen LogP contribution in [0.2, 0.25) is 0 Å². The molecule has 0 spiro atoms. The first-order valence-electron chi connectivity index (χ1n) is 7.54. The molecule has 0 aliphatic carbocycles. The molecule has 0 amide bonds. The lowest BCUT2D eigenvalue weighted by Gasteiger charge is -2.10. The first kappa shape index (κ1) is 14.2. The van der Waals surface area contributed by atoms with E-state index in [0.717, 1.165) is 27.5 Å². The van der Waals surface area contributed by atoms with Gasteiger partial charge in [0.1, 0.15) is 5.82 Å². The van der Waals surface area contributed by atoms with Crippen molar-refractivity contribution in [1.29, 1.82) is 0 Å². The Morgan fingerprint density at radius 3 is 2.83 bits per heavy atom. The zero-order valence-corrected chi connectivity index (χ0v) is 13.0. The number of nitrogens with one attached hydrogen (secondary N) is 2. The van der Waals surface area contributed by atoms with Crippen molar-refractivity contribution in [3.63, 3.8) is 0 Å². The number of H-pyrrole nitrogens is 1. The van der Waals surface area contributed by atoms with Crippen molar-refractivity contribution < 1.29 is 4.79 Å². The number of aromatic amines is 1. The molecule has 0 atom stereocenters. The van der Waals surface area contributed by atoms with E-state index in [9.17, 15) is 4.79 Å². The third kappa shape index (κ3) is 2.25. The predicted octanol–water partition coefficient (Wildman–Crippen LogP) is 3.64. The van der Waals surface area contributed by atoms with E-state index in [1.54, 1.807) is 19.1 Å². The van der Waals surface area contributed by atoms with Crippen LogP contribution in [0.25, 0.3) is 21.8 Å². The number of nitrogen functional groups attached to an aromatic ring is 1. The summed E-state index contributed by atoms with van der Waals surface area (Å²) in [6.07, 6.45) is 0. The number of carbonyl (C=O) groups excluding carboxylic acids is 1. The highest BCUT2D eigenvalue weighted by atomic mass is 16.1. The molecule has 6 nitrogen and oxygen atoms in total. The molecule has 2 heterocycles. The van der Waals surface area contributed by atoms with E-state index in [4.69, 9.17) is 5.73 Å². The van der Waals surface area contributed by atoms with E-state index in [-0.39, 0.29) is 5.78 Å². The fraction of sp³-hybridized carbons (Fsp3) is 0.0556. The van der Waals surface area contributed by atoms with Crippen molar-refractivity contribution >= 4 is 44.9 Å². The minimum absolute atomic E-state index is 0.0121. The van der Waals surface area contributed by atoms with Crippen molar-refractivity contribution in [2.24, 2.45) is 0 Å². The van der Waals surface area contributed by atoms with E-state index in [0.29, 0.717) is 17.2 Å². The summed E-state index contributed by atoms with van der Waals surface area (Å²) in [7, 11) is 0. The molecule has 6 heteroatoms. The highest BCUT2D eigenvalue weighted by molar-refractivity contribution is 6.12. The maximum Gasteiger partial charge on any atom is 0.159 e. The SMILES string of the molecule is CC(=O)c1cccc(Nc2nc3ccccc3c3[nH]nc(N)c23)c1. The molecule has 0 aliphatic heterocycles. The van der Waals surface area contributed by atoms with Gasteiger partial charge >= 0.3 is 0 Å². The number of carbonyl (C=O) groups is 1. The number of nitrogens with zero attached hydrogens (tertiary/aromatic N) is 2. The van der Waals surface area contributed by atoms with Gasteiger partial charge in [0.2, 0.25) is 0 Å². The Kier molecular flexibility index (Phi) is 3.16. The molecule has 4 rings (SSSR count). The average molecular weight is 317 g/mol. The van der Waals surface area contributed by atoms with Gasteiger partial charge in [0.25, 0.3) is 0 Å². The number of hydrogen-bond acceptors (Lipinski definition) is 5. The van der Waals surface area contributed by atoms with Crippen molar-refractivity contribution in [3.8, 4) is 0 Å². The van der Waals surface area contributed by atoms with Crippen LogP contribution in [0.4, 0.5) is 17.3 Å². The number of pyridine rings is 1. The van der Waals surface area contributed by atoms with Crippen LogP contribution in [0.5, 0.6) is 0 Å². The molecule has 2 aromatic heterocycles. The summed E-state index contributed by atoms with van der Waals surface area (Å²) in [5.41, 5.74) is 9.10. The number of anilines is 3. The number of Topliss-reactive ketones (excluding diaryl/α,β-unsaturated/α-hetero) is 1. The van der Waals surface area contributed by atoms with Crippen LogP contribution in [0.3, 0.4) is 0 Å². The zero-order chi connectivity index (χ0) is 16.7. The van der Waals surface area contributed by atoms with Gasteiger partial charge in [-0.25, -0.2) is 4.98 Å². The van der Waals surface area contributed by atoms with Crippen LogP contribution in [0.1, 0.15) is 17.3 Å². The third-order valence-corrected chi connectivity index (χ3v) is 3.97. The molecule has 118 valence electrons. The van der Waals surface area contributed by atoms with Crippen LogP contribution >= 0.6 is 0 Å². The van der Waals surface area contributed by atoms with Gasteiger partial charge in [-0.2, -0.15) is 5.10 Å². The summed E-state index contributed by atoms with van der Waals surface area (Å²) in [4.78, 5) is 16.2. The lowest BCUT2D eigenvalue weighted by molar-refractivity contribution is 0.101. The van der Waals surface area contributed by atoms with Crippen LogP contribution in [0.15, 0.2) is 48.5 Å². The second-order valence-corrected chi connectivity index (χ2v) is 5.60. The van der Waals surface area contributed by atoms with Gasteiger partial charge in [-0.1, -0.05) is 30.3 Å². The van der Waals surface area contributed by atoms with E-state index in [1.807, 2.05) is 36.4 Å². The Hall–Kier alpha value is -3.41. The number of rotatable bonds is 3. The predicted molar refractivity (Wildman–Crippen MR) is 95.5 cm³/mol. The van der Waals surface area contributed by atoms with E-state index >= 15 is 0 Å². The summed E-state index contributed by atoms with van der Waals surface area (Å²) in [6, 6.07) is 15.1. The smallest absolute Gasteiger partial charge is 0.159 e. The normalized spacial score (nSPS) is 11.0. The molecule has 24 heavy (non-hydrogen) atoms. The molecule has 4 N–H and O–H groups in total. The first-order valence-corrected chi connectivity index (χ1v) is 7.54. The second-order valence-electron chi connectivity index (χ2n) is 5.60. The quantitative estimate of drug-likeness (QED) is 0.501. The van der Waals surface area contributed by atoms with Gasteiger partial charge in [-0.05, 0) is 25.1 Å². The minimum atomic E-state index is 0.0121. The van der Waals surface area contributed by atoms with Crippen molar-refractivity contribution in [3.05, 3.63) is 54.1 Å². The lowest BCUT2D eigenvalue weighted by atomic mass is 10.1. The summed E-state index contributed by atoms with van der Waals surface area (Å²) in [5, 5.41) is 12.0. The summed E-state index contributed by atoms with van der Waals surface area (Å²) in [6.45, 7) is 1.54. The molecule has 0 unspecified atom stereocenters. The fourth-order valence-corrected chi connectivity index (χ4v) is 2.79. The van der Waals surface area contributed by atoms with E-state index in [2.05, 4.69) is 20.5 Å². The number of nitrogens with two attached hydrogens (primary N) is 1. The highest BCUT2D eigenvalue weighted by Gasteiger charge is 2.14. The number of para-hydroxylation sites is 1. The molecule has 2 aromatic carbocycles. The monoisotopic (exact) mass is 317 g/mol. The second kappa shape index (κ2) is 5.34. The van der Waals surface area contributed by atoms with Crippen molar-refractivity contribution in [2.75, 3.05) is 11.1 Å². The standard InChI is InChI=1S/C18H15N5O/c1-10(24)11-5-4-6-12(9-11)20-18-15-16(22-23-17(15)19)13-7-2-3-8-14(13)21-18/h2-9H,1H3,(H,20,21)(H3,19,22,23). The van der Waals surface area contributed by atoms with Gasteiger partial charge in [0, 0.05) is 16.6 Å². The van der Waals surface area contributed by atoms with Gasteiger partial charge in [0.05, 0.1) is 16.4 Å². The summed E-state index contributed by atoms with van der Waals surface area (Å²) >= 11 is 0. The largest absolute Gasteiger partial charge is 0.382 e. The van der Waals surface area contributed by atoms with Crippen LogP contribution in [-0.2, 0) is 0 Å². The molecular formula is C18H15N5O. The molecule has 0 aliphatic rings. The average Bonchev–Trinajstić information content (AvgIpc) is 2.98. The Labute approximate surface area is 137 Å². The maximum absolute atomic E-state index is 11.6. The molecule has 0 saturated heterocycles. The number of aromatic nitrogens is 3. The van der Waals surface area contributed by atoms with E-state index in [1.165, 1.54) is 0 Å². The number of benzene rings is 2. The number of hydrogen-bond donors (Lipinski definition) is 3. The molecular weight excluding hydrogens is 302 g/mol. The Morgan fingerprint density at radius 2 is 2.00 bits per heavy atom. The third-order valence-electron chi connectivity index (χ3n) is 3.97. The topological polar surface area (TPSA) is 96.7 Å². The van der Waals surface area contributed by atoms with Crippen LogP contribution < -0.4 is 11.1 Å². The van der Waals surface area contributed by atoms with Gasteiger partial charge < -0.3 is 11.1 Å². The molecule has 4 aromatic rings. The Morgan fingerprint density at radius 1 is 1.17 bits per heavy atom. The van der Waals surface area contributed by atoms with Crippen LogP contribution in [0, 0.1) is 0 Å². The maximum atomic E-state index is 11.6. The van der Waals surface area contributed by atoms with Gasteiger partial charge in [0.15, 0.2) is 11.6 Å². The minimum Gasteiger partial charge on any atom is -0.382 e. The molecule has 0 radical (unpaired) electrons. The number of ketones is 1. The Bertz CT molecular complexity index is 1080. The van der Waals surface area contributed by atoms with E-state index < -0.39 is 0 Å². The molecule has 0 bridgehead atoms. The molecule has 0 saturated carbocycles. The molecule has 0 fully saturated rings. The van der Waals surface area contributed by atoms with Gasteiger partial charge in [-0.3, -0.25) is 9.89 Å². The fourth-order valence-electron chi connectivity index (χ4n) is 2.79. The highest BCUT2D eigenvalue weighted by Crippen LogP contribution is 2.33. The van der Waals surface area contributed by atoms with Crippen LogP contribution in [-0.4, -0.2) is 21.0 Å². The summed E-state index contributed by atoms with van der Waals surface area (Å²) < 4.78 is 0.